The van der Waals surface area contributed by atoms with Crippen LogP contribution in [0.25, 0.3) is 0 Å². The molecule has 2 atom stereocenters. The predicted octanol–water partition coefficient (Wildman–Crippen LogP) is 2.54. The summed E-state index contributed by atoms with van der Waals surface area (Å²) in [6, 6.07) is 0. The van der Waals surface area contributed by atoms with Crippen molar-refractivity contribution >= 4 is 11.8 Å². The lowest BCUT2D eigenvalue weighted by Crippen LogP contribution is -2.21. The van der Waals surface area contributed by atoms with Crippen LogP contribution in [0.4, 0.5) is 0 Å². The Balaban J connectivity index is 2.24. The molecule has 1 N–H and O–H groups in total. The molecule has 0 aromatic heterocycles. The summed E-state index contributed by atoms with van der Waals surface area (Å²) in [5, 5.41) is 9.52. The van der Waals surface area contributed by atoms with E-state index in [1.807, 2.05) is 11.8 Å². The van der Waals surface area contributed by atoms with Crippen LogP contribution < -0.4 is 0 Å². The number of aliphatic hydroxyl groups excluding tert-OH is 1. The van der Waals surface area contributed by atoms with Crippen molar-refractivity contribution in [3.63, 3.8) is 0 Å². The van der Waals surface area contributed by atoms with Crippen molar-refractivity contribution in [2.45, 2.75) is 38.4 Å². The minimum Gasteiger partial charge on any atom is -0.396 e. The number of thioether (sulfide) groups is 1. The van der Waals surface area contributed by atoms with Crippen LogP contribution in [0.2, 0.25) is 0 Å². The van der Waals surface area contributed by atoms with Gasteiger partial charge in [-0.15, -0.1) is 0 Å². The first kappa shape index (κ1) is 10.4. The van der Waals surface area contributed by atoms with Gasteiger partial charge in [0.25, 0.3) is 0 Å². The molecule has 2 unspecified atom stereocenters. The van der Waals surface area contributed by atoms with Gasteiger partial charge in [0.05, 0.1) is 6.61 Å². The van der Waals surface area contributed by atoms with E-state index < -0.39 is 0 Å². The van der Waals surface area contributed by atoms with Gasteiger partial charge in [-0.1, -0.05) is 13.8 Å². The monoisotopic (exact) mass is 188 g/mol. The van der Waals surface area contributed by atoms with Crippen molar-refractivity contribution in [2.24, 2.45) is 11.8 Å². The summed E-state index contributed by atoms with van der Waals surface area (Å²) in [7, 11) is 0. The second-order valence-corrected chi connectivity index (χ2v) is 5.54. The molecule has 0 amide bonds. The van der Waals surface area contributed by atoms with E-state index in [1.54, 1.807) is 0 Å². The molecule has 1 aliphatic carbocycles. The summed E-state index contributed by atoms with van der Waals surface area (Å²) in [6.07, 6.45) is 4.11. The highest BCUT2D eigenvalue weighted by atomic mass is 32.2. The normalized spacial score (nSPS) is 36.8. The second kappa shape index (κ2) is 5.13. The van der Waals surface area contributed by atoms with Crippen LogP contribution >= 0.6 is 11.8 Å². The van der Waals surface area contributed by atoms with Crippen LogP contribution in [0.3, 0.4) is 0 Å². The molecule has 1 saturated carbocycles. The van der Waals surface area contributed by atoms with E-state index in [9.17, 15) is 0 Å². The summed E-state index contributed by atoms with van der Waals surface area (Å²) in [5.74, 6) is 2.71. The first-order valence-corrected chi connectivity index (χ1v) is 5.99. The van der Waals surface area contributed by atoms with E-state index in [0.717, 1.165) is 22.8 Å². The summed E-state index contributed by atoms with van der Waals surface area (Å²) >= 11 is 1.95. The van der Waals surface area contributed by atoms with Crippen molar-refractivity contribution in [2.75, 3.05) is 12.4 Å². The fourth-order valence-corrected chi connectivity index (χ4v) is 3.60. The quantitative estimate of drug-likeness (QED) is 0.734. The zero-order chi connectivity index (χ0) is 8.97. The molecule has 0 heterocycles. The Morgan fingerprint density at radius 2 is 1.75 bits per heavy atom. The number of aliphatic hydroxyl groups is 1. The average Bonchev–Trinajstić information content (AvgIpc) is 1.99. The molecule has 12 heavy (non-hydrogen) atoms. The van der Waals surface area contributed by atoms with Gasteiger partial charge in [0.2, 0.25) is 0 Å². The van der Waals surface area contributed by atoms with E-state index in [1.165, 1.54) is 19.3 Å². The van der Waals surface area contributed by atoms with Crippen molar-refractivity contribution in [1.29, 1.82) is 0 Å². The lowest BCUT2D eigenvalue weighted by molar-refractivity contribution is 0.305. The molecule has 72 valence electrons. The van der Waals surface area contributed by atoms with Crippen LogP contribution in [0.5, 0.6) is 0 Å². The molecular weight excluding hydrogens is 168 g/mol. The molecule has 1 nitrogen and oxygen atoms in total. The van der Waals surface area contributed by atoms with E-state index in [0.29, 0.717) is 6.61 Å². The van der Waals surface area contributed by atoms with Gasteiger partial charge in [-0.25, -0.2) is 0 Å². The van der Waals surface area contributed by atoms with E-state index in [-0.39, 0.29) is 0 Å². The molecule has 0 aromatic rings. The molecule has 0 aromatic carbocycles. The van der Waals surface area contributed by atoms with Crippen molar-refractivity contribution in [3.05, 3.63) is 0 Å². The van der Waals surface area contributed by atoms with E-state index in [4.69, 9.17) is 5.11 Å². The highest BCUT2D eigenvalue weighted by molar-refractivity contribution is 7.99. The Labute approximate surface area is 79.9 Å². The minimum atomic E-state index is 0.337. The molecule has 0 radical (unpaired) electrons. The lowest BCUT2D eigenvalue weighted by Gasteiger charge is -2.30. The summed E-state index contributed by atoms with van der Waals surface area (Å²) < 4.78 is 0. The first-order valence-electron chi connectivity index (χ1n) is 4.94. The number of hydrogen-bond acceptors (Lipinski definition) is 2. The van der Waals surface area contributed by atoms with Crippen molar-refractivity contribution in [1.82, 2.24) is 0 Å². The SMILES string of the molecule is CC1CC(C)CC(SCCO)C1. The van der Waals surface area contributed by atoms with Crippen LogP contribution in [0, 0.1) is 11.8 Å². The van der Waals surface area contributed by atoms with Gasteiger partial charge in [0, 0.05) is 11.0 Å². The van der Waals surface area contributed by atoms with Gasteiger partial charge in [-0.05, 0) is 31.1 Å². The highest BCUT2D eigenvalue weighted by Gasteiger charge is 2.23. The highest BCUT2D eigenvalue weighted by Crippen LogP contribution is 2.35. The molecule has 0 aliphatic heterocycles. The first-order chi connectivity index (χ1) is 5.72. The Morgan fingerprint density at radius 1 is 1.17 bits per heavy atom. The standard InChI is InChI=1S/C10H20OS/c1-8-5-9(2)7-10(6-8)12-4-3-11/h8-11H,3-7H2,1-2H3. The molecule has 2 heteroatoms. The maximum atomic E-state index is 8.71. The maximum absolute atomic E-state index is 8.71. The van der Waals surface area contributed by atoms with Crippen LogP contribution in [-0.4, -0.2) is 22.7 Å². The Morgan fingerprint density at radius 3 is 2.25 bits per heavy atom. The predicted molar refractivity (Wildman–Crippen MR) is 55.5 cm³/mol. The second-order valence-electron chi connectivity index (χ2n) is 4.13. The zero-order valence-electron chi connectivity index (χ0n) is 8.12. The van der Waals surface area contributed by atoms with Crippen molar-refractivity contribution < 1.29 is 5.11 Å². The molecule has 0 bridgehead atoms. The number of rotatable bonds is 3. The third-order valence-electron chi connectivity index (χ3n) is 2.58. The fraction of sp³-hybridized carbons (Fsp3) is 1.00. The van der Waals surface area contributed by atoms with Gasteiger partial charge < -0.3 is 5.11 Å². The van der Waals surface area contributed by atoms with E-state index in [2.05, 4.69) is 13.8 Å². The van der Waals surface area contributed by atoms with E-state index >= 15 is 0 Å². The topological polar surface area (TPSA) is 20.2 Å². The van der Waals surface area contributed by atoms with Gasteiger partial charge in [-0.3, -0.25) is 0 Å². The van der Waals surface area contributed by atoms with Crippen LogP contribution in [0.1, 0.15) is 33.1 Å². The fourth-order valence-electron chi connectivity index (χ4n) is 2.23. The van der Waals surface area contributed by atoms with Gasteiger partial charge in [0.15, 0.2) is 0 Å². The molecule has 1 aliphatic rings. The lowest BCUT2D eigenvalue weighted by atomic mass is 9.83. The molecule has 1 rings (SSSR count). The minimum absolute atomic E-state index is 0.337. The average molecular weight is 188 g/mol. The maximum Gasteiger partial charge on any atom is 0.0521 e. The Kier molecular flexibility index (Phi) is 4.44. The van der Waals surface area contributed by atoms with Crippen LogP contribution in [0.15, 0.2) is 0 Å². The third kappa shape index (κ3) is 3.36. The largest absolute Gasteiger partial charge is 0.396 e. The zero-order valence-corrected chi connectivity index (χ0v) is 8.94. The van der Waals surface area contributed by atoms with Gasteiger partial charge in [-0.2, -0.15) is 11.8 Å². The number of hydrogen-bond donors (Lipinski definition) is 1. The Bertz CT molecular complexity index is 117. The van der Waals surface area contributed by atoms with Crippen molar-refractivity contribution in [3.8, 4) is 0 Å². The summed E-state index contributed by atoms with van der Waals surface area (Å²) in [4.78, 5) is 0. The molecule has 0 saturated heterocycles. The molecule has 0 spiro atoms. The summed E-state index contributed by atoms with van der Waals surface area (Å²) in [5.41, 5.74) is 0. The third-order valence-corrected chi connectivity index (χ3v) is 3.85. The van der Waals surface area contributed by atoms with Gasteiger partial charge in [0.1, 0.15) is 0 Å². The van der Waals surface area contributed by atoms with Crippen LogP contribution in [-0.2, 0) is 0 Å². The van der Waals surface area contributed by atoms with Gasteiger partial charge >= 0.3 is 0 Å². The Hall–Kier alpha value is 0.310. The summed E-state index contributed by atoms with van der Waals surface area (Å²) in [6.45, 7) is 5.04. The molecule has 1 fully saturated rings. The molecular formula is C10H20OS. The smallest absolute Gasteiger partial charge is 0.0521 e.